The van der Waals surface area contributed by atoms with E-state index in [4.69, 9.17) is 0 Å². The summed E-state index contributed by atoms with van der Waals surface area (Å²) in [6.07, 6.45) is 0. The summed E-state index contributed by atoms with van der Waals surface area (Å²) in [4.78, 5) is 52.7. The van der Waals surface area contributed by atoms with Crippen LogP contribution in [0.1, 0.15) is 62.3 Å². The topological polar surface area (TPSA) is 126 Å². The lowest BCUT2D eigenvalue weighted by atomic mass is 10.1. The number of imide groups is 1. The van der Waals surface area contributed by atoms with Crippen LogP contribution in [0, 0.1) is 17.8 Å². The summed E-state index contributed by atoms with van der Waals surface area (Å²) < 4.78 is 2.15. The van der Waals surface area contributed by atoms with E-state index in [9.17, 15) is 24.3 Å². The lowest BCUT2D eigenvalue weighted by molar-refractivity contribution is 0.0636. The molecule has 0 fully saturated rings. The Hall–Kier alpha value is -3.56. The zero-order valence-corrected chi connectivity index (χ0v) is 20.4. The molecule has 0 atom stereocenters. The highest BCUT2D eigenvalue weighted by atomic mass is 16.3. The Morgan fingerprint density at radius 1 is 0.794 bits per heavy atom. The molecular weight excluding hydrogens is 438 g/mol. The number of rotatable bonds is 8. The minimum atomic E-state index is -0.767. The van der Waals surface area contributed by atoms with Crippen molar-refractivity contribution in [1.82, 2.24) is 14.0 Å². The lowest BCUT2D eigenvalue weighted by Gasteiger charge is -2.16. The Balaban J connectivity index is 2.14. The number of benzene rings is 1. The predicted molar refractivity (Wildman–Crippen MR) is 127 cm³/mol. The third-order valence-corrected chi connectivity index (χ3v) is 5.25. The number of carbonyl (C=O) groups excluding carboxylic acids is 2. The summed E-state index contributed by atoms with van der Waals surface area (Å²) in [6.45, 7) is 11.9. The Kier molecular flexibility index (Phi) is 7.18. The quantitative estimate of drug-likeness (QED) is 0.466. The van der Waals surface area contributed by atoms with Crippen LogP contribution in [0.15, 0.2) is 38.0 Å². The van der Waals surface area contributed by atoms with E-state index >= 15 is 0 Å². The van der Waals surface area contributed by atoms with Crippen LogP contribution >= 0.6 is 0 Å². The van der Waals surface area contributed by atoms with E-state index in [0.717, 1.165) is 9.13 Å². The fourth-order valence-electron chi connectivity index (χ4n) is 3.85. The lowest BCUT2D eigenvalue weighted by Crippen LogP contribution is -2.41. The van der Waals surface area contributed by atoms with Crippen LogP contribution in [-0.2, 0) is 13.1 Å². The summed E-state index contributed by atoms with van der Waals surface area (Å²) in [5.41, 5.74) is -1.35. The predicted octanol–water partition coefficient (Wildman–Crippen LogP) is 3.70. The zero-order valence-electron chi connectivity index (χ0n) is 20.4. The van der Waals surface area contributed by atoms with Crippen molar-refractivity contribution in [3.05, 3.63) is 50.2 Å². The van der Waals surface area contributed by atoms with Gasteiger partial charge in [0.1, 0.15) is 0 Å². The maximum Gasteiger partial charge on any atom is 0.333 e. The van der Waals surface area contributed by atoms with Gasteiger partial charge in [-0.1, -0.05) is 47.6 Å². The zero-order chi connectivity index (χ0) is 25.3. The highest BCUT2D eigenvalue weighted by molar-refractivity contribution is 6.23. The molecule has 1 aromatic carbocycles. The number of fused-ring (bicyclic) bond motifs is 1. The van der Waals surface area contributed by atoms with Gasteiger partial charge < -0.3 is 5.11 Å². The Morgan fingerprint density at radius 2 is 1.38 bits per heavy atom. The van der Waals surface area contributed by atoms with Gasteiger partial charge in [0.25, 0.3) is 17.4 Å². The van der Waals surface area contributed by atoms with Gasteiger partial charge in [0.05, 0.1) is 16.8 Å². The highest BCUT2D eigenvalue weighted by Gasteiger charge is 2.37. The maximum absolute atomic E-state index is 13.0. The van der Waals surface area contributed by atoms with Gasteiger partial charge in [-0.3, -0.25) is 28.4 Å². The van der Waals surface area contributed by atoms with Crippen LogP contribution in [0.2, 0.25) is 0 Å². The summed E-state index contributed by atoms with van der Waals surface area (Å²) in [7, 11) is 0. The molecule has 1 aliphatic heterocycles. The first-order chi connectivity index (χ1) is 15.9. The van der Waals surface area contributed by atoms with E-state index in [1.165, 1.54) is 11.0 Å². The van der Waals surface area contributed by atoms with Crippen LogP contribution < -0.4 is 11.2 Å². The number of aromatic hydroxyl groups is 1. The van der Waals surface area contributed by atoms with Crippen molar-refractivity contribution >= 4 is 23.2 Å². The molecule has 10 heteroatoms. The second kappa shape index (κ2) is 9.74. The molecule has 2 aromatic rings. The average Bonchev–Trinajstić information content (AvgIpc) is 2.99. The molecule has 3 rings (SSSR count). The first-order valence-electron chi connectivity index (χ1n) is 11.4. The summed E-state index contributed by atoms with van der Waals surface area (Å²) in [6, 6.07) is 4.64. The first-order valence-corrected chi connectivity index (χ1v) is 11.4. The van der Waals surface area contributed by atoms with E-state index in [2.05, 4.69) is 10.2 Å². The number of nitrogens with zero attached hydrogens (tertiary/aromatic N) is 5. The molecule has 2 heterocycles. The fraction of sp³-hybridized carbons (Fsp3) is 0.500. The number of azo groups is 1. The summed E-state index contributed by atoms with van der Waals surface area (Å²) in [5.74, 6) is -1.35. The molecular formula is C24H31N5O5. The molecule has 0 radical (unpaired) electrons. The van der Waals surface area contributed by atoms with Crippen LogP contribution in [0.25, 0.3) is 0 Å². The van der Waals surface area contributed by atoms with E-state index in [-0.39, 0.29) is 54.2 Å². The van der Waals surface area contributed by atoms with E-state index in [0.29, 0.717) is 0 Å². The SMILES string of the molecule is CC(C)CN1C(=O)c2cccc(N=Nc3c(O)n(CC(C)C)c(=O)n(CC(C)C)c3=O)c2C1=O. The van der Waals surface area contributed by atoms with Gasteiger partial charge in [-0.05, 0) is 29.9 Å². The number of aromatic nitrogens is 2. The molecule has 0 unspecified atom stereocenters. The molecule has 2 amide bonds. The molecule has 1 N–H and O–H groups in total. The van der Waals surface area contributed by atoms with Crippen LogP contribution in [-0.4, -0.2) is 37.5 Å². The second-order valence-corrected chi connectivity index (χ2v) is 9.78. The van der Waals surface area contributed by atoms with Gasteiger partial charge in [0, 0.05) is 19.6 Å². The average molecular weight is 470 g/mol. The third kappa shape index (κ3) is 4.71. The smallest absolute Gasteiger partial charge is 0.333 e. The standard InChI is InChI=1S/C24H31N5O5/c1-13(2)10-27-20(30)16-8-7-9-17(18(16)21(27)31)25-26-19-22(32)28(11-14(3)4)24(34)29(23(19)33)12-15(5)6/h7-9,13-15,32H,10-12H2,1-6H3. The van der Waals surface area contributed by atoms with Crippen molar-refractivity contribution in [1.29, 1.82) is 0 Å². The molecule has 0 aliphatic carbocycles. The molecule has 0 saturated carbocycles. The van der Waals surface area contributed by atoms with E-state index < -0.39 is 34.6 Å². The van der Waals surface area contributed by atoms with E-state index in [1.807, 2.05) is 41.5 Å². The number of amides is 2. The molecule has 0 spiro atoms. The summed E-state index contributed by atoms with van der Waals surface area (Å²) in [5, 5.41) is 18.8. The Labute approximate surface area is 197 Å². The second-order valence-electron chi connectivity index (χ2n) is 9.78. The number of hydrogen-bond donors (Lipinski definition) is 1. The third-order valence-electron chi connectivity index (χ3n) is 5.25. The molecule has 34 heavy (non-hydrogen) atoms. The van der Waals surface area contributed by atoms with Crippen LogP contribution in [0.5, 0.6) is 5.88 Å². The molecule has 1 aromatic heterocycles. The Bertz CT molecular complexity index is 1270. The van der Waals surface area contributed by atoms with Crippen molar-refractivity contribution in [3.63, 3.8) is 0 Å². The van der Waals surface area contributed by atoms with Gasteiger partial charge >= 0.3 is 5.69 Å². The molecule has 0 saturated heterocycles. The van der Waals surface area contributed by atoms with Gasteiger partial charge in [0.2, 0.25) is 11.6 Å². The van der Waals surface area contributed by atoms with Crippen molar-refractivity contribution in [2.24, 2.45) is 28.0 Å². The van der Waals surface area contributed by atoms with Gasteiger partial charge in [0.15, 0.2) is 0 Å². The maximum atomic E-state index is 13.0. The fourth-order valence-corrected chi connectivity index (χ4v) is 3.85. The highest BCUT2D eigenvalue weighted by Crippen LogP contribution is 2.33. The minimum Gasteiger partial charge on any atom is -0.493 e. The monoisotopic (exact) mass is 469 g/mol. The van der Waals surface area contributed by atoms with Crippen LogP contribution in [0.4, 0.5) is 11.4 Å². The van der Waals surface area contributed by atoms with Crippen molar-refractivity contribution in [2.75, 3.05) is 6.54 Å². The van der Waals surface area contributed by atoms with Gasteiger partial charge in [-0.15, -0.1) is 10.2 Å². The summed E-state index contributed by atoms with van der Waals surface area (Å²) >= 11 is 0. The van der Waals surface area contributed by atoms with Crippen molar-refractivity contribution < 1.29 is 14.7 Å². The Morgan fingerprint density at radius 3 is 1.97 bits per heavy atom. The van der Waals surface area contributed by atoms with E-state index in [1.54, 1.807) is 12.1 Å². The largest absolute Gasteiger partial charge is 0.493 e. The molecule has 0 bridgehead atoms. The first kappa shape index (κ1) is 25.1. The molecule has 182 valence electrons. The number of hydrogen-bond acceptors (Lipinski definition) is 7. The molecule has 10 nitrogen and oxygen atoms in total. The normalized spacial score (nSPS) is 13.9. The number of carbonyl (C=O) groups is 2. The van der Waals surface area contributed by atoms with Crippen molar-refractivity contribution in [2.45, 2.75) is 54.6 Å². The van der Waals surface area contributed by atoms with Crippen LogP contribution in [0.3, 0.4) is 0 Å². The van der Waals surface area contributed by atoms with Gasteiger partial charge in [-0.2, -0.15) is 0 Å². The minimum absolute atomic E-state index is 0.000184. The van der Waals surface area contributed by atoms with Gasteiger partial charge in [-0.25, -0.2) is 4.79 Å². The molecule has 1 aliphatic rings. The van der Waals surface area contributed by atoms with Crippen molar-refractivity contribution in [3.8, 4) is 5.88 Å².